The molecule has 467 valence electrons. The Morgan fingerprint density at radius 3 is 1.19 bits per heavy atom. The van der Waals surface area contributed by atoms with Gasteiger partial charge in [0.2, 0.25) is 0 Å². The summed E-state index contributed by atoms with van der Waals surface area (Å²) in [5.41, 5.74) is 11.4. The molecule has 6 rings (SSSR count). The maximum atomic E-state index is 12.0. The van der Waals surface area contributed by atoms with E-state index in [1.165, 1.54) is 107 Å². The zero-order valence-corrected chi connectivity index (χ0v) is 52.1. The number of hydrogen-bond donors (Lipinski definition) is 6. The zero-order valence-electron chi connectivity index (χ0n) is 47.9. The van der Waals surface area contributed by atoms with E-state index in [2.05, 4.69) is 31.9 Å². The fourth-order valence-electron chi connectivity index (χ4n) is 6.00. The number of anilines is 4. The van der Waals surface area contributed by atoms with Gasteiger partial charge < -0.3 is 40.3 Å². The Kier molecular flexibility index (Phi) is 38.2. The van der Waals surface area contributed by atoms with Crippen molar-refractivity contribution in [1.82, 2.24) is 6.15 Å². The van der Waals surface area contributed by atoms with Crippen molar-refractivity contribution in [2.24, 2.45) is 0 Å². The standard InChI is InChI=1S/C10H7F3N2O4.C10H8F3NO2.C8H8BrNO3.C8H6BrNO3.C8H8N2O3.C8H9NO.B.H3N.Na.H2O.H/c1-5(16)7-4-6(2-3-8(7)15(18)19)14-9(17)10(11,12)13;1-6(15)7-3-2-4-8(5-7)14-9(16)10(11,12)13;3*1-5(11)7-4-6(9)2-3-8(7)10(12)13;1-6(10)7-3-2-4-8(9)5-7;;;;;/h2-4H,1H3,(H,14,17);2-5H,1H3,(H,14,16);2-5,11H,1H3;2-4H,1H3;2-4H,9H2,1H3;2-5H,9H2,1H3;;1H3;;1H2;/q;;;;;;;;+1;;-1. The van der Waals surface area contributed by atoms with Crippen LogP contribution in [0.15, 0.2) is 130 Å². The summed E-state index contributed by atoms with van der Waals surface area (Å²) in [5, 5.41) is 54.5. The van der Waals surface area contributed by atoms with Crippen molar-refractivity contribution in [3.8, 4) is 0 Å². The summed E-state index contributed by atoms with van der Waals surface area (Å²) in [5.74, 6) is -5.90. The van der Waals surface area contributed by atoms with Gasteiger partial charge in [-0.15, -0.1) is 0 Å². The molecule has 0 aromatic heterocycles. The monoisotopic (exact) mass is 1380 g/mol. The first-order chi connectivity index (χ1) is 38.7. The van der Waals surface area contributed by atoms with Gasteiger partial charge in [0.25, 0.3) is 22.7 Å². The van der Waals surface area contributed by atoms with Gasteiger partial charge in [-0.3, -0.25) is 74.0 Å². The van der Waals surface area contributed by atoms with Crippen LogP contribution in [0.25, 0.3) is 0 Å². The number of Topliss-reactive ketones (excluding diaryl/α,β-unsaturated/α-hetero) is 5. The number of nitro benzene ring substituents is 4. The third-order valence-electron chi connectivity index (χ3n) is 9.93. The van der Waals surface area contributed by atoms with Gasteiger partial charge in [-0.2, -0.15) is 26.3 Å². The van der Waals surface area contributed by atoms with Crippen LogP contribution in [0.3, 0.4) is 0 Å². The molecule has 36 heteroatoms. The number of hydrogen-bond acceptors (Lipinski definition) is 19. The van der Waals surface area contributed by atoms with Crippen molar-refractivity contribution in [3.05, 3.63) is 204 Å². The maximum absolute atomic E-state index is 12.0. The molecule has 2 amide bonds. The van der Waals surface area contributed by atoms with Gasteiger partial charge in [0, 0.05) is 75.5 Å². The molecule has 0 saturated heterocycles. The molecular formula is C52H52BBr2F6N9NaO17. The fraction of sp³-hybridized carbons (Fsp3) is 0.173. The van der Waals surface area contributed by atoms with Crippen LogP contribution in [0.1, 0.15) is 106 Å². The summed E-state index contributed by atoms with van der Waals surface area (Å²) in [6, 6.07) is 27.5. The van der Waals surface area contributed by atoms with E-state index in [0.29, 0.717) is 31.4 Å². The van der Waals surface area contributed by atoms with Crippen LogP contribution in [-0.2, 0) is 9.59 Å². The Balaban J connectivity index is -0.000000316. The molecule has 0 saturated carbocycles. The normalized spacial score (nSPS) is 10.1. The number of ketones is 5. The van der Waals surface area contributed by atoms with Gasteiger partial charge in [0.15, 0.2) is 28.9 Å². The van der Waals surface area contributed by atoms with E-state index in [-0.39, 0.29) is 125 Å². The first-order valence-electron chi connectivity index (χ1n) is 22.8. The maximum Gasteiger partial charge on any atom is 1.00 e. The number of amides is 2. The number of rotatable bonds is 12. The zero-order chi connectivity index (χ0) is 64.7. The second-order valence-electron chi connectivity index (χ2n) is 16.5. The van der Waals surface area contributed by atoms with E-state index >= 15 is 0 Å². The molecule has 0 aliphatic carbocycles. The predicted octanol–water partition coefficient (Wildman–Crippen LogP) is 8.58. The minimum Gasteiger partial charge on any atom is -1.00 e. The number of nitro groups is 4. The van der Waals surface area contributed by atoms with Crippen LogP contribution in [0.4, 0.5) is 71.8 Å². The van der Waals surface area contributed by atoms with Gasteiger partial charge in [-0.1, -0.05) is 56.1 Å². The number of nitrogens with two attached hydrogens (primary N) is 2. The molecule has 0 heterocycles. The Labute approximate surface area is 536 Å². The third kappa shape index (κ3) is 29.6. The molecule has 6 aromatic carbocycles. The summed E-state index contributed by atoms with van der Waals surface area (Å²) in [4.78, 5) is 116. The van der Waals surface area contributed by atoms with Crippen molar-refractivity contribution in [1.29, 1.82) is 0 Å². The second kappa shape index (κ2) is 39.2. The molecule has 6 aromatic rings. The van der Waals surface area contributed by atoms with Crippen LogP contribution in [-0.4, -0.2) is 91.8 Å². The van der Waals surface area contributed by atoms with E-state index in [4.69, 9.17) is 11.5 Å². The van der Waals surface area contributed by atoms with Gasteiger partial charge in [0.1, 0.15) is 0 Å². The topological polar surface area (TPSA) is 455 Å². The summed E-state index contributed by atoms with van der Waals surface area (Å²) >= 11 is 6.32. The molecule has 12 N–H and O–H groups in total. The number of nitrogens with zero attached hydrogens (tertiary/aromatic N) is 4. The first kappa shape index (κ1) is 85.7. The molecule has 0 aliphatic rings. The largest absolute Gasteiger partial charge is 1.00 e. The van der Waals surface area contributed by atoms with Crippen LogP contribution in [0.2, 0.25) is 0 Å². The molecule has 88 heavy (non-hydrogen) atoms. The SMILES string of the molecule is CC(=O)c1cc(Br)ccc1[N+](=O)[O-].CC(=O)c1cc(N)ccc1[N+](=O)[O-].CC(=O)c1cc(NC(=O)C(F)(F)F)ccc1[N+](=O)[O-].CC(=O)c1cccc(N)c1.CC(=O)c1cccc(NC(=O)C(F)(F)F)c1.CC(O)c1cc(Br)ccc1[N+](=O)[O-].N.O.[B].[H-].[Na+]. The molecule has 3 radical (unpaired) electrons. The molecule has 1 atom stereocenters. The first-order valence-corrected chi connectivity index (χ1v) is 24.4. The summed E-state index contributed by atoms with van der Waals surface area (Å²) in [6.07, 6.45) is -10.9. The van der Waals surface area contributed by atoms with Crippen molar-refractivity contribution >= 4 is 127 Å². The Bertz CT molecular complexity index is 3450. The Morgan fingerprint density at radius 2 is 0.830 bits per heavy atom. The molecule has 0 aliphatic heterocycles. The Morgan fingerprint density at radius 1 is 0.500 bits per heavy atom. The predicted molar refractivity (Wildman–Crippen MR) is 315 cm³/mol. The fourth-order valence-corrected chi connectivity index (χ4v) is 6.74. The number of carbonyl (C=O) groups excluding carboxylic acids is 7. The molecule has 0 fully saturated rings. The number of alkyl halides is 6. The van der Waals surface area contributed by atoms with Gasteiger partial charge in [-0.25, -0.2) is 0 Å². The van der Waals surface area contributed by atoms with Crippen LogP contribution in [0, 0.1) is 40.5 Å². The van der Waals surface area contributed by atoms with Gasteiger partial charge in [-0.05, 0) is 114 Å². The van der Waals surface area contributed by atoms with Crippen LogP contribution >= 0.6 is 31.9 Å². The second-order valence-corrected chi connectivity index (χ2v) is 18.3. The summed E-state index contributed by atoms with van der Waals surface area (Å²) in [7, 11) is 0. The third-order valence-corrected chi connectivity index (χ3v) is 10.9. The number of halogens is 8. The summed E-state index contributed by atoms with van der Waals surface area (Å²) in [6.45, 7) is 7.89. The van der Waals surface area contributed by atoms with E-state index in [1.807, 2.05) is 0 Å². The molecule has 1 unspecified atom stereocenters. The minimum absolute atomic E-state index is 0. The quantitative estimate of drug-likeness (QED) is 0.0167. The molecule has 0 bridgehead atoms. The van der Waals surface area contributed by atoms with Crippen LogP contribution in [0.5, 0.6) is 0 Å². The van der Waals surface area contributed by atoms with Gasteiger partial charge in [0.05, 0.1) is 48.1 Å². The number of nitrogen functional groups attached to an aromatic ring is 2. The minimum atomic E-state index is -5.09. The average Bonchev–Trinajstić information content (AvgIpc) is 2.30. The van der Waals surface area contributed by atoms with E-state index in [9.17, 15) is 105 Å². The van der Waals surface area contributed by atoms with Crippen molar-refractivity contribution in [2.75, 3.05) is 22.1 Å². The van der Waals surface area contributed by atoms with Crippen LogP contribution < -0.4 is 57.8 Å². The van der Waals surface area contributed by atoms with E-state index < -0.39 is 61.4 Å². The van der Waals surface area contributed by atoms with Crippen molar-refractivity contribution in [2.45, 2.75) is 60.0 Å². The molecule has 26 nitrogen and oxygen atoms in total. The Hall–Kier alpha value is -8.71. The summed E-state index contributed by atoms with van der Waals surface area (Å²) < 4.78 is 73.2. The molecular weight excluding hydrogens is 1330 g/mol. The van der Waals surface area contributed by atoms with Crippen molar-refractivity contribution in [3.63, 3.8) is 0 Å². The number of aliphatic hydroxyl groups is 1. The van der Waals surface area contributed by atoms with E-state index in [1.54, 1.807) is 41.7 Å². The van der Waals surface area contributed by atoms with Crippen molar-refractivity contribution < 1.29 is 121 Å². The number of benzene rings is 6. The molecule has 0 spiro atoms. The smallest absolute Gasteiger partial charge is 1.00 e. The number of carbonyl (C=O) groups is 7. The number of aliphatic hydroxyl groups excluding tert-OH is 1. The van der Waals surface area contributed by atoms with Gasteiger partial charge >= 0.3 is 53.7 Å². The van der Waals surface area contributed by atoms with E-state index in [0.717, 1.165) is 25.1 Å². The average molecular weight is 1380 g/mol. The number of nitrogens with one attached hydrogen (secondary N) is 2.